The van der Waals surface area contributed by atoms with E-state index in [9.17, 15) is 9.18 Å². The molecule has 1 amide bonds. The van der Waals surface area contributed by atoms with E-state index >= 15 is 0 Å². The Labute approximate surface area is 150 Å². The number of halogens is 1. The number of fused-ring (bicyclic) bond motifs is 1. The summed E-state index contributed by atoms with van der Waals surface area (Å²) in [6, 6.07) is 17.8. The number of para-hydroxylation sites is 1. The Morgan fingerprint density at radius 1 is 1.04 bits per heavy atom. The number of benzene rings is 2. The molecule has 2 aromatic carbocycles. The molecule has 0 bridgehead atoms. The average molecular weight is 354 g/mol. The highest BCUT2D eigenvalue weighted by Crippen LogP contribution is 2.24. The zero-order valence-corrected chi connectivity index (χ0v) is 14.9. The van der Waals surface area contributed by atoms with Crippen LogP contribution in [0.3, 0.4) is 0 Å². The summed E-state index contributed by atoms with van der Waals surface area (Å²) in [5.41, 5.74) is 1.79. The van der Waals surface area contributed by atoms with Gasteiger partial charge in [0.1, 0.15) is 5.82 Å². The molecule has 0 saturated carbocycles. The second kappa shape index (κ2) is 7.66. The van der Waals surface area contributed by atoms with Crippen molar-refractivity contribution in [2.24, 2.45) is 0 Å². The Hall–Kier alpha value is -2.40. The highest BCUT2D eigenvalue weighted by Gasteiger charge is 2.18. The number of nitrogens with zero attached hydrogens (tertiary/aromatic N) is 1. The van der Waals surface area contributed by atoms with E-state index in [0.717, 1.165) is 21.5 Å². The summed E-state index contributed by atoms with van der Waals surface area (Å²) in [5.74, 6) is -0.356. The van der Waals surface area contributed by atoms with Gasteiger partial charge in [-0.1, -0.05) is 48.2 Å². The van der Waals surface area contributed by atoms with Gasteiger partial charge >= 0.3 is 0 Å². The number of hydrogen-bond acceptors (Lipinski definition) is 3. The molecule has 0 aliphatic rings. The normalized spacial score (nSPS) is 13.4. The predicted octanol–water partition coefficient (Wildman–Crippen LogP) is 4.73. The molecular weight excluding hydrogens is 335 g/mol. The molecule has 0 fully saturated rings. The quantitative estimate of drug-likeness (QED) is 0.674. The van der Waals surface area contributed by atoms with Gasteiger partial charge in [0, 0.05) is 5.39 Å². The molecule has 0 unspecified atom stereocenters. The molecule has 25 heavy (non-hydrogen) atoms. The van der Waals surface area contributed by atoms with Crippen molar-refractivity contribution in [3.63, 3.8) is 0 Å². The van der Waals surface area contributed by atoms with Crippen LogP contribution in [-0.4, -0.2) is 16.1 Å². The molecule has 0 radical (unpaired) electrons. The van der Waals surface area contributed by atoms with Gasteiger partial charge < -0.3 is 5.32 Å². The third-order valence-electron chi connectivity index (χ3n) is 3.97. The number of aromatic nitrogens is 1. The van der Waals surface area contributed by atoms with E-state index in [1.165, 1.54) is 23.9 Å². The molecule has 128 valence electrons. The molecule has 0 aliphatic carbocycles. The summed E-state index contributed by atoms with van der Waals surface area (Å²) in [6.07, 6.45) is 0. The Balaban J connectivity index is 1.64. The number of amides is 1. The maximum absolute atomic E-state index is 13.0. The van der Waals surface area contributed by atoms with Gasteiger partial charge in [-0.25, -0.2) is 9.37 Å². The lowest BCUT2D eigenvalue weighted by Crippen LogP contribution is -2.33. The van der Waals surface area contributed by atoms with E-state index in [1.54, 1.807) is 12.1 Å². The first-order valence-corrected chi connectivity index (χ1v) is 8.99. The molecule has 1 heterocycles. The van der Waals surface area contributed by atoms with Gasteiger partial charge in [-0.3, -0.25) is 4.79 Å². The fourth-order valence-corrected chi connectivity index (χ4v) is 3.35. The van der Waals surface area contributed by atoms with Crippen molar-refractivity contribution in [2.75, 3.05) is 0 Å². The lowest BCUT2D eigenvalue weighted by Gasteiger charge is -2.17. The SMILES string of the molecule is C[C@@H](Sc1ccc2ccccc2n1)C(=O)N[C@H](C)c1ccc(F)cc1. The molecule has 0 saturated heterocycles. The monoisotopic (exact) mass is 354 g/mol. The first-order chi connectivity index (χ1) is 12.0. The van der Waals surface area contributed by atoms with Gasteiger partial charge in [0.2, 0.25) is 5.91 Å². The summed E-state index contributed by atoms with van der Waals surface area (Å²) < 4.78 is 13.0. The molecule has 3 rings (SSSR count). The standard InChI is InChI=1S/C20H19FN2OS/c1-13(15-7-10-17(21)11-8-15)22-20(24)14(2)25-19-12-9-16-5-3-4-6-18(16)23-19/h3-14H,1-2H3,(H,22,24)/t13-,14-/m1/s1. The number of carbonyl (C=O) groups excluding carboxylic acids is 1. The van der Waals surface area contributed by atoms with E-state index in [1.807, 2.05) is 50.2 Å². The third-order valence-corrected chi connectivity index (χ3v) is 5.00. The Bertz CT molecular complexity index is 882. The van der Waals surface area contributed by atoms with Crippen molar-refractivity contribution in [1.82, 2.24) is 10.3 Å². The van der Waals surface area contributed by atoms with Gasteiger partial charge in [0.05, 0.1) is 21.8 Å². The topological polar surface area (TPSA) is 42.0 Å². The van der Waals surface area contributed by atoms with Crippen LogP contribution < -0.4 is 5.32 Å². The van der Waals surface area contributed by atoms with Crippen LogP contribution in [0.2, 0.25) is 0 Å². The minimum Gasteiger partial charge on any atom is -0.349 e. The Kier molecular flexibility index (Phi) is 5.34. The Morgan fingerprint density at radius 2 is 1.76 bits per heavy atom. The van der Waals surface area contributed by atoms with Crippen LogP contribution in [0, 0.1) is 5.82 Å². The van der Waals surface area contributed by atoms with Crippen LogP contribution in [0.4, 0.5) is 4.39 Å². The molecule has 1 N–H and O–H groups in total. The van der Waals surface area contributed by atoms with Crippen molar-refractivity contribution in [2.45, 2.75) is 30.2 Å². The van der Waals surface area contributed by atoms with Crippen molar-refractivity contribution in [3.05, 3.63) is 72.0 Å². The second-order valence-electron chi connectivity index (χ2n) is 5.88. The summed E-state index contributed by atoms with van der Waals surface area (Å²) in [4.78, 5) is 17.0. The lowest BCUT2D eigenvalue weighted by atomic mass is 10.1. The van der Waals surface area contributed by atoms with Crippen molar-refractivity contribution >= 4 is 28.6 Å². The zero-order valence-electron chi connectivity index (χ0n) is 14.1. The fraction of sp³-hybridized carbons (Fsp3) is 0.200. The number of thioether (sulfide) groups is 1. The number of carbonyl (C=O) groups is 1. The van der Waals surface area contributed by atoms with Crippen molar-refractivity contribution in [1.29, 1.82) is 0 Å². The molecule has 0 spiro atoms. The van der Waals surface area contributed by atoms with Crippen LogP contribution >= 0.6 is 11.8 Å². The molecule has 3 nitrogen and oxygen atoms in total. The smallest absolute Gasteiger partial charge is 0.233 e. The number of pyridine rings is 1. The molecule has 2 atom stereocenters. The molecule has 3 aromatic rings. The molecule has 1 aromatic heterocycles. The average Bonchev–Trinajstić information content (AvgIpc) is 2.62. The van der Waals surface area contributed by atoms with Gasteiger partial charge in [0.25, 0.3) is 0 Å². The first kappa shape index (κ1) is 17.4. The number of hydrogen-bond donors (Lipinski definition) is 1. The van der Waals surface area contributed by atoms with E-state index in [-0.39, 0.29) is 23.0 Å². The second-order valence-corrected chi connectivity index (χ2v) is 7.25. The predicted molar refractivity (Wildman–Crippen MR) is 100 cm³/mol. The van der Waals surface area contributed by atoms with Gasteiger partial charge in [-0.15, -0.1) is 0 Å². The Morgan fingerprint density at radius 3 is 2.52 bits per heavy atom. The third kappa shape index (κ3) is 4.37. The summed E-state index contributed by atoms with van der Waals surface area (Å²) >= 11 is 1.42. The van der Waals surface area contributed by atoms with Gasteiger partial charge in [0.15, 0.2) is 0 Å². The molecule has 0 aliphatic heterocycles. The highest BCUT2D eigenvalue weighted by molar-refractivity contribution is 8.00. The minimum absolute atomic E-state index is 0.0724. The maximum atomic E-state index is 13.0. The lowest BCUT2D eigenvalue weighted by molar-refractivity contribution is -0.120. The summed E-state index contributed by atoms with van der Waals surface area (Å²) in [5, 5.41) is 4.58. The van der Waals surface area contributed by atoms with Crippen molar-refractivity contribution in [3.8, 4) is 0 Å². The summed E-state index contributed by atoms with van der Waals surface area (Å²) in [6.45, 7) is 3.74. The number of nitrogens with one attached hydrogen (secondary N) is 1. The molecule has 5 heteroatoms. The highest BCUT2D eigenvalue weighted by atomic mass is 32.2. The van der Waals surface area contributed by atoms with Crippen LogP contribution in [0.25, 0.3) is 10.9 Å². The van der Waals surface area contributed by atoms with E-state index in [0.29, 0.717) is 0 Å². The van der Waals surface area contributed by atoms with Crippen LogP contribution in [0.5, 0.6) is 0 Å². The maximum Gasteiger partial charge on any atom is 0.233 e. The van der Waals surface area contributed by atoms with Crippen molar-refractivity contribution < 1.29 is 9.18 Å². The van der Waals surface area contributed by atoms with E-state index < -0.39 is 0 Å². The zero-order chi connectivity index (χ0) is 17.8. The fourth-order valence-electron chi connectivity index (χ4n) is 2.51. The van der Waals surface area contributed by atoms with E-state index in [2.05, 4.69) is 10.3 Å². The van der Waals surface area contributed by atoms with Gasteiger partial charge in [-0.2, -0.15) is 0 Å². The van der Waals surface area contributed by atoms with Gasteiger partial charge in [-0.05, 0) is 43.7 Å². The minimum atomic E-state index is -0.284. The van der Waals surface area contributed by atoms with Crippen LogP contribution in [-0.2, 0) is 4.79 Å². The molecular formula is C20H19FN2OS. The number of rotatable bonds is 5. The summed E-state index contributed by atoms with van der Waals surface area (Å²) in [7, 11) is 0. The van der Waals surface area contributed by atoms with E-state index in [4.69, 9.17) is 0 Å². The van der Waals surface area contributed by atoms with Crippen LogP contribution in [0.15, 0.2) is 65.7 Å². The first-order valence-electron chi connectivity index (χ1n) is 8.11. The largest absolute Gasteiger partial charge is 0.349 e. The van der Waals surface area contributed by atoms with Crippen LogP contribution in [0.1, 0.15) is 25.5 Å².